The number of carbonyl (C=O) groups excluding carboxylic acids is 1. The van der Waals surface area contributed by atoms with Gasteiger partial charge < -0.3 is 5.32 Å². The molecule has 8 heteroatoms. The molecule has 1 aliphatic carbocycles. The number of rotatable bonds is 5. The molecule has 1 amide bonds. The lowest BCUT2D eigenvalue weighted by molar-refractivity contribution is -0.124. The lowest BCUT2D eigenvalue weighted by atomic mass is 9.94. The number of hydrogen-bond donors (Lipinski definition) is 1. The molecule has 6 nitrogen and oxygen atoms in total. The Morgan fingerprint density at radius 3 is 2.83 bits per heavy atom. The fourth-order valence-electron chi connectivity index (χ4n) is 4.01. The fourth-order valence-corrected chi connectivity index (χ4v) is 5.39. The van der Waals surface area contributed by atoms with E-state index < -0.39 is 0 Å². The lowest BCUT2D eigenvalue weighted by Crippen LogP contribution is -2.39. The number of aromatic nitrogens is 2. The van der Waals surface area contributed by atoms with Crippen LogP contribution in [0.1, 0.15) is 43.2 Å². The Kier molecular flexibility index (Phi) is 6.06. The Morgan fingerprint density at radius 2 is 2.10 bits per heavy atom. The molecule has 1 aliphatic heterocycles. The second-order valence-electron chi connectivity index (χ2n) is 7.58. The van der Waals surface area contributed by atoms with Gasteiger partial charge >= 0.3 is 0 Å². The maximum atomic E-state index is 13.3. The minimum Gasteiger partial charge on any atom is -0.366 e. The number of thiocarbonyl (C=S) groups is 1. The van der Waals surface area contributed by atoms with Crippen molar-refractivity contribution >= 4 is 51.7 Å². The smallest absolute Gasteiger partial charge is 0.267 e. The van der Waals surface area contributed by atoms with Gasteiger partial charge in [-0.1, -0.05) is 55.4 Å². The van der Waals surface area contributed by atoms with Gasteiger partial charge in [0.2, 0.25) is 0 Å². The van der Waals surface area contributed by atoms with Crippen molar-refractivity contribution in [2.45, 2.75) is 45.1 Å². The first-order chi connectivity index (χ1) is 14.5. The van der Waals surface area contributed by atoms with Crippen LogP contribution in [0.25, 0.3) is 11.7 Å². The molecule has 1 saturated carbocycles. The summed E-state index contributed by atoms with van der Waals surface area (Å²) in [6.45, 7) is 6.09. The Morgan fingerprint density at radius 1 is 1.33 bits per heavy atom. The van der Waals surface area contributed by atoms with E-state index >= 15 is 0 Å². The van der Waals surface area contributed by atoms with E-state index in [9.17, 15) is 9.59 Å². The quantitative estimate of drug-likeness (QED) is 0.428. The molecule has 3 heterocycles. The third-order valence-corrected chi connectivity index (χ3v) is 6.87. The van der Waals surface area contributed by atoms with Gasteiger partial charge in [-0.3, -0.25) is 18.9 Å². The highest BCUT2D eigenvalue weighted by atomic mass is 32.2. The van der Waals surface area contributed by atoms with Gasteiger partial charge in [-0.15, -0.1) is 6.58 Å². The van der Waals surface area contributed by atoms with Crippen LogP contribution in [0.3, 0.4) is 0 Å². The van der Waals surface area contributed by atoms with Gasteiger partial charge in [-0.05, 0) is 37.5 Å². The first kappa shape index (κ1) is 20.8. The molecule has 1 saturated heterocycles. The summed E-state index contributed by atoms with van der Waals surface area (Å²) < 4.78 is 2.09. The third-order valence-electron chi connectivity index (χ3n) is 5.54. The van der Waals surface area contributed by atoms with Gasteiger partial charge in [-0.2, -0.15) is 0 Å². The summed E-state index contributed by atoms with van der Waals surface area (Å²) in [7, 11) is 0. The van der Waals surface area contributed by atoms with Crippen molar-refractivity contribution in [1.29, 1.82) is 0 Å². The van der Waals surface area contributed by atoms with Crippen molar-refractivity contribution < 1.29 is 4.79 Å². The van der Waals surface area contributed by atoms with Gasteiger partial charge in [0, 0.05) is 18.8 Å². The SMILES string of the molecule is C=CCNc1nc2c(C)cccn2c(=O)c1/C=C1/SC(=S)N(C2CCCCC2)C1=O. The third kappa shape index (κ3) is 3.81. The van der Waals surface area contributed by atoms with Crippen molar-refractivity contribution in [3.05, 3.63) is 57.4 Å². The van der Waals surface area contributed by atoms with Crippen molar-refractivity contribution in [2.75, 3.05) is 11.9 Å². The van der Waals surface area contributed by atoms with Crippen LogP contribution in [-0.2, 0) is 4.79 Å². The summed E-state index contributed by atoms with van der Waals surface area (Å²) in [5, 5.41) is 3.14. The summed E-state index contributed by atoms with van der Waals surface area (Å²) in [5.74, 6) is 0.331. The molecule has 0 atom stereocenters. The second kappa shape index (κ2) is 8.73. The number of thioether (sulfide) groups is 1. The number of fused-ring (bicyclic) bond motifs is 1. The first-order valence-electron chi connectivity index (χ1n) is 10.1. The van der Waals surface area contributed by atoms with Crippen LogP contribution >= 0.6 is 24.0 Å². The average Bonchev–Trinajstić information content (AvgIpc) is 3.03. The normalized spacial score (nSPS) is 19.1. The van der Waals surface area contributed by atoms with E-state index in [4.69, 9.17) is 12.2 Å². The molecule has 2 fully saturated rings. The molecule has 2 aromatic heterocycles. The number of carbonyl (C=O) groups is 1. The number of nitrogens with zero attached hydrogens (tertiary/aromatic N) is 3. The van der Waals surface area contributed by atoms with Crippen LogP contribution in [-0.4, -0.2) is 37.1 Å². The molecule has 0 aromatic carbocycles. The van der Waals surface area contributed by atoms with Crippen molar-refractivity contribution in [3.63, 3.8) is 0 Å². The fraction of sp³-hybridized carbons (Fsp3) is 0.364. The predicted molar refractivity (Wildman–Crippen MR) is 127 cm³/mol. The average molecular weight is 441 g/mol. The molecule has 0 radical (unpaired) electrons. The van der Waals surface area contributed by atoms with Gasteiger partial charge in [0.15, 0.2) is 0 Å². The zero-order valence-corrected chi connectivity index (χ0v) is 18.5. The number of amides is 1. The Bertz CT molecular complexity index is 1120. The van der Waals surface area contributed by atoms with E-state index in [1.807, 2.05) is 19.1 Å². The van der Waals surface area contributed by atoms with E-state index in [0.29, 0.717) is 32.8 Å². The molecule has 2 aromatic rings. The highest BCUT2D eigenvalue weighted by molar-refractivity contribution is 8.26. The Labute approximate surface area is 185 Å². The Hall–Kier alpha value is -2.45. The van der Waals surface area contributed by atoms with Crippen LogP contribution in [0.2, 0.25) is 0 Å². The van der Waals surface area contributed by atoms with Crippen molar-refractivity contribution in [3.8, 4) is 0 Å². The number of hydrogen-bond acceptors (Lipinski definition) is 6. The number of anilines is 1. The minimum absolute atomic E-state index is 0.111. The van der Waals surface area contributed by atoms with E-state index in [0.717, 1.165) is 31.2 Å². The second-order valence-corrected chi connectivity index (χ2v) is 9.25. The first-order valence-corrected chi connectivity index (χ1v) is 11.4. The highest BCUT2D eigenvalue weighted by Crippen LogP contribution is 2.37. The zero-order valence-electron chi connectivity index (χ0n) is 16.9. The van der Waals surface area contributed by atoms with Crippen LogP contribution in [0, 0.1) is 6.92 Å². The highest BCUT2D eigenvalue weighted by Gasteiger charge is 2.37. The molecule has 156 valence electrons. The molecule has 0 unspecified atom stereocenters. The Balaban J connectivity index is 1.78. The van der Waals surface area contributed by atoms with Gasteiger partial charge in [-0.25, -0.2) is 4.98 Å². The summed E-state index contributed by atoms with van der Waals surface area (Å²) in [6, 6.07) is 3.89. The maximum absolute atomic E-state index is 13.3. The molecule has 30 heavy (non-hydrogen) atoms. The van der Waals surface area contributed by atoms with Crippen LogP contribution in [0.15, 0.2) is 40.7 Å². The molecule has 0 spiro atoms. The standard InChI is InChI=1S/C22H24N4O2S2/c1-3-11-23-18-16(20(27)25-12-7-8-14(2)19(25)24-18)13-17-21(28)26(22(29)30-17)15-9-5-4-6-10-15/h3,7-8,12-13,15,23H,1,4-6,9-11H2,2H3/b17-13+. The summed E-state index contributed by atoms with van der Waals surface area (Å²) in [5.41, 5.74) is 1.61. The molecular formula is C22H24N4O2S2. The van der Waals surface area contributed by atoms with E-state index in [2.05, 4.69) is 16.9 Å². The largest absolute Gasteiger partial charge is 0.366 e. The molecular weight excluding hydrogens is 416 g/mol. The minimum atomic E-state index is -0.224. The number of pyridine rings is 1. The van der Waals surface area contributed by atoms with Gasteiger partial charge in [0.25, 0.3) is 11.5 Å². The lowest BCUT2D eigenvalue weighted by Gasteiger charge is -2.29. The molecule has 0 bridgehead atoms. The van der Waals surface area contributed by atoms with Crippen LogP contribution < -0.4 is 10.9 Å². The molecule has 1 N–H and O–H groups in total. The van der Waals surface area contributed by atoms with Crippen LogP contribution in [0.5, 0.6) is 0 Å². The van der Waals surface area contributed by atoms with E-state index in [1.54, 1.807) is 23.2 Å². The zero-order chi connectivity index (χ0) is 21.3. The van der Waals surface area contributed by atoms with Gasteiger partial charge in [0.05, 0.1) is 10.5 Å². The summed E-state index contributed by atoms with van der Waals surface area (Å²) >= 11 is 6.79. The van der Waals surface area contributed by atoms with E-state index in [-0.39, 0.29) is 17.5 Å². The summed E-state index contributed by atoms with van der Waals surface area (Å²) in [6.07, 6.45) is 10.4. The maximum Gasteiger partial charge on any atom is 0.267 e. The van der Waals surface area contributed by atoms with Crippen molar-refractivity contribution in [2.24, 2.45) is 0 Å². The monoisotopic (exact) mass is 440 g/mol. The number of nitrogens with one attached hydrogen (secondary N) is 1. The number of aryl methyl sites for hydroxylation is 1. The summed E-state index contributed by atoms with van der Waals surface area (Å²) in [4.78, 5) is 33.3. The van der Waals surface area contributed by atoms with Crippen LogP contribution in [0.4, 0.5) is 5.82 Å². The molecule has 2 aliphatic rings. The predicted octanol–water partition coefficient (Wildman–Crippen LogP) is 4.13. The molecule has 4 rings (SSSR count). The van der Waals surface area contributed by atoms with E-state index in [1.165, 1.54) is 22.6 Å². The topological polar surface area (TPSA) is 66.7 Å². The van der Waals surface area contributed by atoms with Crippen molar-refractivity contribution in [1.82, 2.24) is 14.3 Å². The van der Waals surface area contributed by atoms with Gasteiger partial charge in [0.1, 0.15) is 15.8 Å².